The fourth-order valence-corrected chi connectivity index (χ4v) is 8.98. The molecular formula is C42H32Cl4F2N4O3S. The fourth-order valence-electron chi connectivity index (χ4n) is 7.50. The number of benzene rings is 4. The van der Waals surface area contributed by atoms with Crippen LogP contribution >= 0.6 is 46.4 Å². The minimum atomic E-state index is -4.48. The standard InChI is InChI=1S/C42H32Cl4F2N4O3S/c43-26-14-17-37(33(45)21-26)51-41-29-10-8-7-9-24(29)19-31(41)39(49-51)35(47)11-5-3-1-2-4-6-12-36(48)40-32-20-25-13-16-28(56(53,54)55)23-30(25)42(32)52(50-40)38-18-15-27(44)22-34(38)46/h7-18,21-23H,1-6,19-20H2,(H,53,54,55). The maximum Gasteiger partial charge on any atom is 0.294 e. The normalized spacial score (nSPS) is 13.6. The SMILES string of the molecule is O=S(=O)(O)c1ccc2c(c1)-c1c(c(C(F)=CCCCCCCC=C(F)c3nn(-c4ccc(Cl)cc4Cl)c4c3Cc3ccccc3-4)nn1-c1ccc(Cl)cc1Cl)C2. The van der Waals surface area contributed by atoms with E-state index in [1.54, 1.807) is 53.2 Å². The van der Waals surface area contributed by atoms with E-state index in [4.69, 9.17) is 51.5 Å². The van der Waals surface area contributed by atoms with Crippen molar-refractivity contribution in [3.63, 3.8) is 0 Å². The molecule has 0 atom stereocenters. The Bertz CT molecular complexity index is 2720. The number of hydrogen-bond acceptors (Lipinski definition) is 4. The Balaban J connectivity index is 0.935. The largest absolute Gasteiger partial charge is 0.294 e. The molecule has 6 aromatic rings. The average molecular weight is 853 g/mol. The minimum absolute atomic E-state index is 0.131. The topological polar surface area (TPSA) is 90.0 Å². The van der Waals surface area contributed by atoms with Gasteiger partial charge >= 0.3 is 0 Å². The van der Waals surface area contributed by atoms with Crippen LogP contribution in [0.3, 0.4) is 0 Å². The summed E-state index contributed by atoms with van der Waals surface area (Å²) in [6.45, 7) is 0. The highest BCUT2D eigenvalue weighted by Crippen LogP contribution is 2.45. The van der Waals surface area contributed by atoms with Crippen molar-refractivity contribution in [2.45, 2.75) is 56.3 Å². The maximum atomic E-state index is 15.9. The fraction of sp³-hybridized carbons (Fsp3) is 0.190. The van der Waals surface area contributed by atoms with Crippen molar-refractivity contribution >= 4 is 68.2 Å². The molecule has 0 aliphatic heterocycles. The quantitative estimate of drug-likeness (QED) is 0.0976. The smallest absolute Gasteiger partial charge is 0.282 e. The number of nitrogens with zero attached hydrogens (tertiary/aromatic N) is 4. The van der Waals surface area contributed by atoms with Crippen molar-refractivity contribution in [1.82, 2.24) is 19.6 Å². The molecule has 0 bridgehead atoms. The zero-order valence-electron chi connectivity index (χ0n) is 29.5. The van der Waals surface area contributed by atoms with Gasteiger partial charge in [-0.2, -0.15) is 18.6 Å². The Labute approximate surface area is 342 Å². The second-order valence-electron chi connectivity index (χ2n) is 13.8. The van der Waals surface area contributed by atoms with E-state index >= 15 is 8.78 Å². The molecule has 0 amide bonds. The molecule has 8 rings (SSSR count). The number of unbranched alkanes of at least 4 members (excludes halogenated alkanes) is 5. The number of allylic oxidation sites excluding steroid dienone is 2. The van der Waals surface area contributed by atoms with Crippen molar-refractivity contribution in [1.29, 1.82) is 0 Å². The summed E-state index contributed by atoms with van der Waals surface area (Å²) in [5.74, 6) is -0.891. The number of fused-ring (bicyclic) bond motifs is 6. The van der Waals surface area contributed by atoms with Gasteiger partial charge in [-0.1, -0.05) is 89.6 Å². The summed E-state index contributed by atoms with van der Waals surface area (Å²) < 4.78 is 68.5. The van der Waals surface area contributed by atoms with Crippen LogP contribution in [0.15, 0.2) is 95.9 Å². The Hall–Kier alpha value is -4.29. The zero-order valence-corrected chi connectivity index (χ0v) is 33.4. The highest BCUT2D eigenvalue weighted by Gasteiger charge is 2.32. The molecule has 2 aromatic heterocycles. The van der Waals surface area contributed by atoms with Crippen LogP contribution in [-0.4, -0.2) is 32.5 Å². The van der Waals surface area contributed by atoms with Crippen molar-refractivity contribution in [2.24, 2.45) is 0 Å². The third-order valence-corrected chi connectivity index (χ3v) is 12.1. The van der Waals surface area contributed by atoms with Crippen molar-refractivity contribution < 1.29 is 21.8 Å². The monoisotopic (exact) mass is 850 g/mol. The van der Waals surface area contributed by atoms with Gasteiger partial charge in [0.05, 0.1) is 37.7 Å². The maximum absolute atomic E-state index is 15.9. The van der Waals surface area contributed by atoms with Gasteiger partial charge < -0.3 is 0 Å². The molecule has 4 aromatic carbocycles. The second kappa shape index (κ2) is 15.6. The van der Waals surface area contributed by atoms with E-state index in [9.17, 15) is 13.0 Å². The first kappa shape index (κ1) is 38.6. The van der Waals surface area contributed by atoms with Gasteiger partial charge in [0.25, 0.3) is 10.1 Å². The summed E-state index contributed by atoms with van der Waals surface area (Å²) in [7, 11) is -4.48. The molecular weight excluding hydrogens is 820 g/mol. The van der Waals surface area contributed by atoms with E-state index in [0.29, 0.717) is 81.1 Å². The first-order valence-corrected chi connectivity index (χ1v) is 20.9. The van der Waals surface area contributed by atoms with Crippen molar-refractivity contribution in [3.05, 3.63) is 145 Å². The summed E-state index contributed by atoms with van der Waals surface area (Å²) >= 11 is 25.4. The van der Waals surface area contributed by atoms with Gasteiger partial charge in [-0.3, -0.25) is 4.55 Å². The second-order valence-corrected chi connectivity index (χ2v) is 16.9. The lowest BCUT2D eigenvalue weighted by Crippen LogP contribution is -2.02. The summed E-state index contributed by atoms with van der Waals surface area (Å²) in [5.41, 5.74) is 7.57. The van der Waals surface area contributed by atoms with Crippen LogP contribution in [0.4, 0.5) is 8.78 Å². The van der Waals surface area contributed by atoms with Gasteiger partial charge in [-0.15, -0.1) is 0 Å². The van der Waals surface area contributed by atoms with Gasteiger partial charge in [-0.25, -0.2) is 18.1 Å². The Morgan fingerprint density at radius 3 is 1.68 bits per heavy atom. The summed E-state index contributed by atoms with van der Waals surface area (Å²) in [6, 6.07) is 22.3. The molecule has 56 heavy (non-hydrogen) atoms. The Morgan fingerprint density at radius 2 is 1.16 bits per heavy atom. The van der Waals surface area contributed by atoms with Crippen molar-refractivity contribution in [2.75, 3.05) is 0 Å². The number of aromatic nitrogens is 4. The van der Waals surface area contributed by atoms with Gasteiger partial charge in [0.15, 0.2) is 0 Å². The molecule has 2 heterocycles. The summed E-state index contributed by atoms with van der Waals surface area (Å²) in [6.07, 6.45) is 8.03. The highest BCUT2D eigenvalue weighted by molar-refractivity contribution is 7.85. The van der Waals surface area contributed by atoms with E-state index in [0.717, 1.165) is 47.2 Å². The van der Waals surface area contributed by atoms with E-state index in [2.05, 4.69) is 5.10 Å². The van der Waals surface area contributed by atoms with E-state index in [1.165, 1.54) is 22.9 Å². The molecule has 0 saturated heterocycles. The molecule has 0 unspecified atom stereocenters. The molecule has 0 fully saturated rings. The lowest BCUT2D eigenvalue weighted by molar-refractivity contribution is 0.483. The van der Waals surface area contributed by atoms with E-state index in [-0.39, 0.29) is 21.4 Å². The molecule has 2 aliphatic carbocycles. The molecule has 7 nitrogen and oxygen atoms in total. The van der Waals surface area contributed by atoms with Gasteiger partial charge in [0, 0.05) is 45.1 Å². The lowest BCUT2D eigenvalue weighted by atomic mass is 10.1. The van der Waals surface area contributed by atoms with Gasteiger partial charge in [0.1, 0.15) is 23.0 Å². The first-order chi connectivity index (χ1) is 26.9. The van der Waals surface area contributed by atoms with Crippen LogP contribution < -0.4 is 0 Å². The van der Waals surface area contributed by atoms with E-state index in [1.807, 2.05) is 24.3 Å². The molecule has 286 valence electrons. The third kappa shape index (κ3) is 7.35. The summed E-state index contributed by atoms with van der Waals surface area (Å²) in [5, 5.41) is 10.9. The first-order valence-electron chi connectivity index (χ1n) is 17.9. The third-order valence-electron chi connectivity index (χ3n) is 10.1. The van der Waals surface area contributed by atoms with Crippen LogP contribution in [-0.2, 0) is 23.0 Å². The van der Waals surface area contributed by atoms with Crippen LogP contribution in [0.2, 0.25) is 20.1 Å². The average Bonchev–Trinajstić information content (AvgIpc) is 3.91. The minimum Gasteiger partial charge on any atom is -0.282 e. The number of rotatable bonds is 12. The number of hydrogen-bond donors (Lipinski definition) is 1. The van der Waals surface area contributed by atoms with Crippen LogP contribution in [0.1, 0.15) is 72.2 Å². The molecule has 0 radical (unpaired) electrons. The van der Waals surface area contributed by atoms with E-state index < -0.39 is 15.9 Å². The molecule has 1 N–H and O–H groups in total. The summed E-state index contributed by atoms with van der Waals surface area (Å²) in [4.78, 5) is -0.278. The molecule has 0 spiro atoms. The van der Waals surface area contributed by atoms with Crippen LogP contribution in [0.5, 0.6) is 0 Å². The molecule has 2 aliphatic rings. The predicted octanol–water partition coefficient (Wildman–Crippen LogP) is 12.7. The highest BCUT2D eigenvalue weighted by atomic mass is 35.5. The molecule has 14 heteroatoms. The molecule has 0 saturated carbocycles. The van der Waals surface area contributed by atoms with Gasteiger partial charge in [0.2, 0.25) is 0 Å². The van der Waals surface area contributed by atoms with Crippen LogP contribution in [0, 0.1) is 0 Å². The van der Waals surface area contributed by atoms with Crippen molar-refractivity contribution in [3.8, 4) is 33.9 Å². The Kier molecular flexibility index (Phi) is 10.7. The number of halogens is 6. The predicted molar refractivity (Wildman–Crippen MR) is 219 cm³/mol. The lowest BCUT2D eigenvalue weighted by Gasteiger charge is -2.10. The Morgan fingerprint density at radius 1 is 0.661 bits per heavy atom. The van der Waals surface area contributed by atoms with Gasteiger partial charge in [-0.05, 0) is 97.5 Å². The zero-order chi connectivity index (χ0) is 39.3. The van der Waals surface area contributed by atoms with Crippen LogP contribution in [0.25, 0.3) is 45.5 Å².